The molecule has 4 aromatic rings. The van der Waals surface area contributed by atoms with E-state index in [-0.39, 0.29) is 0 Å². The third-order valence-electron chi connectivity index (χ3n) is 5.62. The third kappa shape index (κ3) is 4.14. The van der Waals surface area contributed by atoms with Crippen molar-refractivity contribution < 1.29 is 4.84 Å². The third-order valence-corrected chi connectivity index (χ3v) is 5.85. The van der Waals surface area contributed by atoms with Gasteiger partial charge < -0.3 is 9.40 Å². The number of benzene rings is 3. The minimum absolute atomic E-state index is 0.407. The molecule has 0 radical (unpaired) electrons. The molecule has 1 heterocycles. The smallest absolute Gasteiger partial charge is 0.142 e. The quantitative estimate of drug-likeness (QED) is 0.314. The van der Waals surface area contributed by atoms with E-state index < -0.39 is 0 Å². The van der Waals surface area contributed by atoms with E-state index in [1.165, 1.54) is 28.2 Å². The molecule has 0 atom stereocenters. The van der Waals surface area contributed by atoms with Gasteiger partial charge in [0, 0.05) is 22.0 Å². The lowest BCUT2D eigenvalue weighted by Crippen LogP contribution is -2.14. The van der Waals surface area contributed by atoms with Gasteiger partial charge >= 0.3 is 0 Å². The van der Waals surface area contributed by atoms with Crippen LogP contribution in [0.15, 0.2) is 96.2 Å². The zero-order valence-electron chi connectivity index (χ0n) is 17.2. The highest BCUT2D eigenvalue weighted by atomic mass is 35.5. The van der Waals surface area contributed by atoms with Crippen LogP contribution in [-0.2, 0) is 17.9 Å². The lowest BCUT2D eigenvalue weighted by Gasteiger charge is -2.18. The minimum atomic E-state index is 0.407. The van der Waals surface area contributed by atoms with Crippen LogP contribution in [0.3, 0.4) is 0 Å². The molecule has 0 unspecified atom stereocenters. The molecule has 1 aliphatic carbocycles. The number of hydrogen-bond acceptors (Lipinski definition) is 2. The van der Waals surface area contributed by atoms with E-state index in [4.69, 9.17) is 16.4 Å². The lowest BCUT2D eigenvalue weighted by atomic mass is 9.95. The van der Waals surface area contributed by atoms with Crippen molar-refractivity contribution in [3.63, 3.8) is 0 Å². The molecule has 154 valence electrons. The van der Waals surface area contributed by atoms with Crippen molar-refractivity contribution in [3.05, 3.63) is 113 Å². The van der Waals surface area contributed by atoms with E-state index in [1.54, 1.807) is 0 Å². The molecule has 0 N–H and O–H groups in total. The van der Waals surface area contributed by atoms with Gasteiger partial charge in [0.15, 0.2) is 0 Å². The monoisotopic (exact) mass is 426 g/mol. The van der Waals surface area contributed by atoms with Crippen molar-refractivity contribution in [2.45, 2.75) is 25.9 Å². The standard InChI is InChI=1S/C27H23ClN2O/c28-22-12-7-9-20(17-22)19-31-29-25-15-8-16-26-24(25)18-27(21-10-3-1-4-11-21)30(26)23-13-5-2-6-14-23/h1-7,9-14,17-18H,8,15-16,19H2. The highest BCUT2D eigenvalue weighted by Gasteiger charge is 2.24. The summed E-state index contributed by atoms with van der Waals surface area (Å²) >= 11 is 6.08. The van der Waals surface area contributed by atoms with Gasteiger partial charge in [-0.15, -0.1) is 0 Å². The van der Waals surface area contributed by atoms with Gasteiger partial charge in [0.2, 0.25) is 0 Å². The molecule has 0 bridgehead atoms. The average molecular weight is 427 g/mol. The first-order valence-corrected chi connectivity index (χ1v) is 11.0. The van der Waals surface area contributed by atoms with Crippen molar-refractivity contribution in [1.82, 2.24) is 4.57 Å². The van der Waals surface area contributed by atoms with Crippen LogP contribution >= 0.6 is 11.6 Å². The number of halogens is 1. The molecule has 0 saturated carbocycles. The lowest BCUT2D eigenvalue weighted by molar-refractivity contribution is 0.130. The fraction of sp³-hybridized carbons (Fsp3) is 0.148. The molecular weight excluding hydrogens is 404 g/mol. The van der Waals surface area contributed by atoms with Crippen LogP contribution < -0.4 is 0 Å². The molecule has 5 rings (SSSR count). The van der Waals surface area contributed by atoms with Gasteiger partial charge in [-0.2, -0.15) is 0 Å². The Morgan fingerprint density at radius 3 is 2.39 bits per heavy atom. The van der Waals surface area contributed by atoms with Crippen molar-refractivity contribution in [2.75, 3.05) is 0 Å². The Hall–Kier alpha value is -3.30. The first-order chi connectivity index (χ1) is 15.3. The maximum Gasteiger partial charge on any atom is 0.142 e. The number of nitrogens with zero attached hydrogens (tertiary/aromatic N) is 2. The Kier molecular flexibility index (Phi) is 5.59. The summed E-state index contributed by atoms with van der Waals surface area (Å²) in [6, 6.07) is 31.0. The molecule has 1 aliphatic rings. The largest absolute Gasteiger partial charge is 0.391 e. The minimum Gasteiger partial charge on any atom is -0.391 e. The van der Waals surface area contributed by atoms with Crippen LogP contribution in [0.2, 0.25) is 5.02 Å². The van der Waals surface area contributed by atoms with Gasteiger partial charge in [-0.3, -0.25) is 0 Å². The molecule has 1 aromatic heterocycles. The summed E-state index contributed by atoms with van der Waals surface area (Å²) in [5, 5.41) is 5.26. The van der Waals surface area contributed by atoms with E-state index in [1.807, 2.05) is 24.3 Å². The number of oxime groups is 1. The van der Waals surface area contributed by atoms with Crippen LogP contribution in [0.1, 0.15) is 29.7 Å². The number of aromatic nitrogens is 1. The second-order valence-electron chi connectivity index (χ2n) is 7.72. The highest BCUT2D eigenvalue weighted by Crippen LogP contribution is 2.34. The molecule has 0 spiro atoms. The Morgan fingerprint density at radius 1 is 0.839 bits per heavy atom. The van der Waals surface area contributed by atoms with Gasteiger partial charge in [0.1, 0.15) is 6.61 Å². The predicted molar refractivity (Wildman–Crippen MR) is 127 cm³/mol. The van der Waals surface area contributed by atoms with Gasteiger partial charge in [-0.1, -0.05) is 77.4 Å². The fourth-order valence-electron chi connectivity index (χ4n) is 4.20. The van der Waals surface area contributed by atoms with E-state index in [9.17, 15) is 0 Å². The van der Waals surface area contributed by atoms with Crippen molar-refractivity contribution in [1.29, 1.82) is 0 Å². The second-order valence-corrected chi connectivity index (χ2v) is 8.16. The van der Waals surface area contributed by atoms with Gasteiger partial charge in [0.25, 0.3) is 0 Å². The van der Waals surface area contributed by atoms with E-state index >= 15 is 0 Å². The summed E-state index contributed by atoms with van der Waals surface area (Å²) in [5.74, 6) is 0. The Morgan fingerprint density at radius 2 is 1.61 bits per heavy atom. The fourth-order valence-corrected chi connectivity index (χ4v) is 4.42. The summed E-state index contributed by atoms with van der Waals surface area (Å²) in [5.41, 5.74) is 8.04. The Labute approximate surface area is 187 Å². The summed E-state index contributed by atoms with van der Waals surface area (Å²) < 4.78 is 2.37. The molecule has 4 heteroatoms. The molecule has 31 heavy (non-hydrogen) atoms. The Bertz CT molecular complexity index is 1210. The number of rotatable bonds is 5. The normalized spacial score (nSPS) is 14.4. The predicted octanol–water partition coefficient (Wildman–Crippen LogP) is 7.05. The van der Waals surface area contributed by atoms with E-state index in [0.717, 1.165) is 30.5 Å². The summed E-state index contributed by atoms with van der Waals surface area (Å²) in [6.45, 7) is 0.407. The van der Waals surface area contributed by atoms with Crippen LogP contribution in [0.5, 0.6) is 0 Å². The topological polar surface area (TPSA) is 26.5 Å². The van der Waals surface area contributed by atoms with Crippen molar-refractivity contribution in [2.24, 2.45) is 5.16 Å². The molecule has 0 aliphatic heterocycles. The average Bonchev–Trinajstić information content (AvgIpc) is 3.21. The maximum absolute atomic E-state index is 6.08. The molecule has 3 aromatic carbocycles. The highest BCUT2D eigenvalue weighted by molar-refractivity contribution is 6.30. The number of para-hydroxylation sites is 1. The van der Waals surface area contributed by atoms with E-state index in [2.05, 4.69) is 76.5 Å². The molecule has 0 saturated heterocycles. The summed E-state index contributed by atoms with van der Waals surface area (Å²) in [7, 11) is 0. The summed E-state index contributed by atoms with van der Waals surface area (Å²) in [6.07, 6.45) is 2.98. The first-order valence-electron chi connectivity index (χ1n) is 10.6. The van der Waals surface area contributed by atoms with Gasteiger partial charge in [-0.25, -0.2) is 0 Å². The van der Waals surface area contributed by atoms with Crippen LogP contribution in [0, 0.1) is 0 Å². The molecular formula is C27H23ClN2O. The van der Waals surface area contributed by atoms with Gasteiger partial charge in [-0.05, 0) is 60.7 Å². The summed E-state index contributed by atoms with van der Waals surface area (Å²) in [4.78, 5) is 5.75. The second kappa shape index (κ2) is 8.83. The SMILES string of the molecule is Clc1cccc(CON=C2CCCc3c2cc(-c2ccccc2)n3-c2ccccc2)c1. The maximum atomic E-state index is 6.08. The van der Waals surface area contributed by atoms with Crippen LogP contribution in [0.25, 0.3) is 16.9 Å². The zero-order chi connectivity index (χ0) is 21.0. The first kappa shape index (κ1) is 19.7. The van der Waals surface area contributed by atoms with Crippen LogP contribution in [-0.4, -0.2) is 10.3 Å². The van der Waals surface area contributed by atoms with Crippen molar-refractivity contribution in [3.8, 4) is 16.9 Å². The van der Waals surface area contributed by atoms with Crippen LogP contribution in [0.4, 0.5) is 0 Å². The van der Waals surface area contributed by atoms with Gasteiger partial charge in [0.05, 0.1) is 11.4 Å². The zero-order valence-corrected chi connectivity index (χ0v) is 17.9. The molecule has 3 nitrogen and oxygen atoms in total. The Balaban J connectivity index is 1.53. The number of hydrogen-bond donors (Lipinski definition) is 0. The number of fused-ring (bicyclic) bond motifs is 1. The molecule has 0 fully saturated rings. The van der Waals surface area contributed by atoms with E-state index in [0.29, 0.717) is 11.6 Å². The van der Waals surface area contributed by atoms with Crippen molar-refractivity contribution >= 4 is 17.3 Å². The molecule has 0 amide bonds.